The smallest absolute Gasteiger partial charge is 0.234 e. The lowest BCUT2D eigenvalue weighted by Crippen LogP contribution is -2.15. The van der Waals surface area contributed by atoms with Crippen molar-refractivity contribution < 1.29 is 9.18 Å². The molecule has 0 saturated heterocycles. The molecule has 1 amide bonds. The van der Waals surface area contributed by atoms with E-state index >= 15 is 0 Å². The average Bonchev–Trinajstić information content (AvgIpc) is 3.17. The SMILES string of the molecule is Cc1cccc(-n2c(Cc3ccccc3)nnc2SCC(=O)Nc2ccc(Br)cc2F)c1. The number of hydrogen-bond acceptors (Lipinski definition) is 4. The Labute approximate surface area is 198 Å². The van der Waals surface area contributed by atoms with Crippen LogP contribution in [0.5, 0.6) is 0 Å². The van der Waals surface area contributed by atoms with Gasteiger partial charge in [-0.3, -0.25) is 9.36 Å². The molecule has 0 saturated carbocycles. The lowest BCUT2D eigenvalue weighted by atomic mass is 10.1. The van der Waals surface area contributed by atoms with Gasteiger partial charge in [0.25, 0.3) is 0 Å². The maximum absolute atomic E-state index is 14.0. The second kappa shape index (κ2) is 10.1. The summed E-state index contributed by atoms with van der Waals surface area (Å²) in [6.45, 7) is 2.03. The van der Waals surface area contributed by atoms with E-state index < -0.39 is 5.82 Å². The van der Waals surface area contributed by atoms with Crippen LogP contribution in [0, 0.1) is 12.7 Å². The molecular formula is C24H20BrFN4OS. The third-order valence-electron chi connectivity index (χ3n) is 4.70. The van der Waals surface area contributed by atoms with Gasteiger partial charge in [0.15, 0.2) is 5.16 Å². The Hall–Kier alpha value is -2.97. The quantitative estimate of drug-likeness (QED) is 0.319. The Balaban J connectivity index is 1.55. The van der Waals surface area contributed by atoms with Gasteiger partial charge in [0, 0.05) is 16.6 Å². The zero-order valence-electron chi connectivity index (χ0n) is 17.3. The van der Waals surface area contributed by atoms with Gasteiger partial charge in [0.2, 0.25) is 5.91 Å². The Kier molecular flexibility index (Phi) is 7.02. The first kappa shape index (κ1) is 22.2. The average molecular weight is 511 g/mol. The van der Waals surface area contributed by atoms with Crippen molar-refractivity contribution >= 4 is 39.3 Å². The van der Waals surface area contributed by atoms with Gasteiger partial charge in [-0.05, 0) is 48.4 Å². The highest BCUT2D eigenvalue weighted by Crippen LogP contribution is 2.25. The van der Waals surface area contributed by atoms with Crippen molar-refractivity contribution in [2.75, 3.05) is 11.1 Å². The van der Waals surface area contributed by atoms with Crippen LogP contribution in [0.25, 0.3) is 5.69 Å². The van der Waals surface area contributed by atoms with Gasteiger partial charge in [0.05, 0.1) is 11.4 Å². The molecule has 3 aromatic carbocycles. The van der Waals surface area contributed by atoms with Crippen molar-refractivity contribution in [3.8, 4) is 5.69 Å². The molecule has 1 N–H and O–H groups in total. The van der Waals surface area contributed by atoms with E-state index in [1.165, 1.54) is 23.9 Å². The number of hydrogen-bond donors (Lipinski definition) is 1. The van der Waals surface area contributed by atoms with Gasteiger partial charge in [-0.1, -0.05) is 70.2 Å². The largest absolute Gasteiger partial charge is 0.323 e. The summed E-state index contributed by atoms with van der Waals surface area (Å²) in [5.74, 6) is 0.0409. The summed E-state index contributed by atoms with van der Waals surface area (Å²) in [5.41, 5.74) is 3.31. The summed E-state index contributed by atoms with van der Waals surface area (Å²) in [5, 5.41) is 12.0. The molecule has 0 spiro atoms. The Morgan fingerprint density at radius 2 is 1.88 bits per heavy atom. The normalized spacial score (nSPS) is 10.8. The third kappa shape index (κ3) is 5.44. The summed E-state index contributed by atoms with van der Waals surface area (Å²) in [6, 6.07) is 22.6. The van der Waals surface area contributed by atoms with Crippen LogP contribution < -0.4 is 5.32 Å². The number of aryl methyl sites for hydroxylation is 1. The first-order valence-corrected chi connectivity index (χ1v) is 11.7. The molecule has 0 unspecified atom stereocenters. The van der Waals surface area contributed by atoms with Crippen molar-refractivity contribution in [3.63, 3.8) is 0 Å². The zero-order chi connectivity index (χ0) is 22.5. The van der Waals surface area contributed by atoms with Gasteiger partial charge in [-0.15, -0.1) is 10.2 Å². The van der Waals surface area contributed by atoms with Crippen molar-refractivity contribution in [1.29, 1.82) is 0 Å². The Morgan fingerprint density at radius 3 is 2.62 bits per heavy atom. The Morgan fingerprint density at radius 1 is 1.06 bits per heavy atom. The predicted molar refractivity (Wildman–Crippen MR) is 129 cm³/mol. The van der Waals surface area contributed by atoms with Crippen LogP contribution in [0.3, 0.4) is 0 Å². The summed E-state index contributed by atoms with van der Waals surface area (Å²) in [7, 11) is 0. The summed E-state index contributed by atoms with van der Waals surface area (Å²) in [4.78, 5) is 12.5. The number of nitrogens with zero attached hydrogens (tertiary/aromatic N) is 3. The van der Waals surface area contributed by atoms with Crippen LogP contribution in [-0.2, 0) is 11.2 Å². The van der Waals surface area contributed by atoms with E-state index in [2.05, 4.69) is 37.5 Å². The number of aromatic nitrogens is 3. The van der Waals surface area contributed by atoms with Crippen LogP contribution in [0.4, 0.5) is 10.1 Å². The summed E-state index contributed by atoms with van der Waals surface area (Å²) in [6.07, 6.45) is 0.610. The Bertz CT molecular complexity index is 1250. The predicted octanol–water partition coefficient (Wildman–Crippen LogP) is 5.80. The van der Waals surface area contributed by atoms with Gasteiger partial charge in [-0.2, -0.15) is 0 Å². The standard InChI is InChI=1S/C24H20BrFN4OS/c1-16-6-5-9-19(12-16)30-22(13-17-7-3-2-4-8-17)28-29-24(30)32-15-23(31)27-21-11-10-18(25)14-20(21)26/h2-12,14H,13,15H2,1H3,(H,27,31). The molecule has 1 aromatic heterocycles. The van der Waals surface area contributed by atoms with Crippen molar-refractivity contribution in [1.82, 2.24) is 14.8 Å². The molecule has 32 heavy (non-hydrogen) atoms. The fourth-order valence-corrected chi connectivity index (χ4v) is 4.32. The highest BCUT2D eigenvalue weighted by Gasteiger charge is 2.17. The molecule has 4 rings (SSSR count). The van der Waals surface area contributed by atoms with Gasteiger partial charge < -0.3 is 5.32 Å². The number of anilines is 1. The fourth-order valence-electron chi connectivity index (χ4n) is 3.22. The van der Waals surface area contributed by atoms with E-state index in [1.54, 1.807) is 6.07 Å². The molecule has 0 radical (unpaired) electrons. The van der Waals surface area contributed by atoms with E-state index in [1.807, 2.05) is 60.0 Å². The van der Waals surface area contributed by atoms with E-state index in [9.17, 15) is 9.18 Å². The summed E-state index contributed by atoms with van der Waals surface area (Å²) >= 11 is 4.47. The van der Waals surface area contributed by atoms with Gasteiger partial charge >= 0.3 is 0 Å². The lowest BCUT2D eigenvalue weighted by molar-refractivity contribution is -0.113. The highest BCUT2D eigenvalue weighted by atomic mass is 79.9. The van der Waals surface area contributed by atoms with Crippen molar-refractivity contribution in [2.24, 2.45) is 0 Å². The minimum Gasteiger partial charge on any atom is -0.323 e. The first-order valence-electron chi connectivity index (χ1n) is 9.92. The van der Waals surface area contributed by atoms with Crippen molar-refractivity contribution in [2.45, 2.75) is 18.5 Å². The molecular weight excluding hydrogens is 491 g/mol. The number of halogens is 2. The van der Waals surface area contributed by atoms with E-state index in [-0.39, 0.29) is 17.3 Å². The maximum atomic E-state index is 14.0. The number of thioether (sulfide) groups is 1. The molecule has 0 fully saturated rings. The molecule has 162 valence electrons. The topological polar surface area (TPSA) is 59.8 Å². The number of rotatable bonds is 7. The molecule has 4 aromatic rings. The molecule has 0 atom stereocenters. The van der Waals surface area contributed by atoms with Gasteiger partial charge in [-0.25, -0.2) is 4.39 Å². The minimum atomic E-state index is -0.495. The van der Waals surface area contributed by atoms with Crippen LogP contribution in [0.15, 0.2) is 82.4 Å². The molecule has 0 aliphatic carbocycles. The van der Waals surface area contributed by atoms with E-state index in [0.717, 1.165) is 22.6 Å². The number of amides is 1. The highest BCUT2D eigenvalue weighted by molar-refractivity contribution is 9.10. The lowest BCUT2D eigenvalue weighted by Gasteiger charge is -2.11. The second-order valence-corrected chi connectivity index (χ2v) is 9.05. The van der Waals surface area contributed by atoms with Crippen LogP contribution in [0.1, 0.15) is 17.0 Å². The number of carbonyl (C=O) groups excluding carboxylic acids is 1. The second-order valence-electron chi connectivity index (χ2n) is 7.20. The number of benzene rings is 3. The third-order valence-corrected chi connectivity index (χ3v) is 6.13. The monoisotopic (exact) mass is 510 g/mol. The minimum absolute atomic E-state index is 0.0742. The van der Waals surface area contributed by atoms with E-state index in [0.29, 0.717) is 16.0 Å². The molecule has 8 heteroatoms. The fraction of sp³-hybridized carbons (Fsp3) is 0.125. The maximum Gasteiger partial charge on any atom is 0.234 e. The first-order chi connectivity index (χ1) is 15.5. The molecule has 0 aliphatic heterocycles. The molecule has 0 bridgehead atoms. The number of carbonyl (C=O) groups is 1. The van der Waals surface area contributed by atoms with Gasteiger partial charge in [0.1, 0.15) is 11.6 Å². The summed E-state index contributed by atoms with van der Waals surface area (Å²) < 4.78 is 16.6. The van der Waals surface area contributed by atoms with E-state index in [4.69, 9.17) is 0 Å². The molecule has 0 aliphatic rings. The molecule has 1 heterocycles. The van der Waals surface area contributed by atoms with Crippen LogP contribution >= 0.6 is 27.7 Å². The van der Waals surface area contributed by atoms with Crippen LogP contribution in [0.2, 0.25) is 0 Å². The zero-order valence-corrected chi connectivity index (χ0v) is 19.7. The van der Waals surface area contributed by atoms with Crippen LogP contribution in [-0.4, -0.2) is 26.4 Å². The van der Waals surface area contributed by atoms with Crippen molar-refractivity contribution in [3.05, 3.63) is 100 Å². The number of nitrogens with one attached hydrogen (secondary N) is 1. The molecule has 5 nitrogen and oxygen atoms in total.